The Morgan fingerprint density at radius 1 is 1.07 bits per heavy atom. The van der Waals surface area contributed by atoms with Gasteiger partial charge in [-0.15, -0.1) is 0 Å². The van der Waals surface area contributed by atoms with E-state index in [1.807, 2.05) is 0 Å². The quantitative estimate of drug-likeness (QED) is 0.819. The first-order valence-electron chi connectivity index (χ1n) is 8.64. The first-order chi connectivity index (χ1) is 13.3. The van der Waals surface area contributed by atoms with Gasteiger partial charge in [-0.25, -0.2) is 12.7 Å². The van der Waals surface area contributed by atoms with Gasteiger partial charge in [-0.05, 0) is 36.4 Å². The number of carbonyl (C=O) groups excluding carboxylic acids is 1. The van der Waals surface area contributed by atoms with E-state index in [2.05, 4.69) is 5.32 Å². The van der Waals surface area contributed by atoms with Gasteiger partial charge in [0.2, 0.25) is 10.0 Å². The van der Waals surface area contributed by atoms with Gasteiger partial charge in [0.05, 0.1) is 30.9 Å². The summed E-state index contributed by atoms with van der Waals surface area (Å²) in [6.45, 7) is 1.07. The summed E-state index contributed by atoms with van der Waals surface area (Å²) in [5.74, 6) is 1.01. The van der Waals surface area contributed by atoms with Crippen molar-refractivity contribution < 1.29 is 27.4 Å². The molecule has 1 amide bonds. The largest absolute Gasteiger partial charge is 0.495 e. The molecule has 3 rings (SSSR count). The van der Waals surface area contributed by atoms with Crippen LogP contribution in [0.1, 0.15) is 16.8 Å². The highest BCUT2D eigenvalue weighted by Gasteiger charge is 2.21. The number of anilines is 1. The normalized spacial score (nSPS) is 13.7. The lowest BCUT2D eigenvalue weighted by molar-refractivity contribution is 0.102. The lowest BCUT2D eigenvalue weighted by Crippen LogP contribution is -2.22. The first-order valence-corrected chi connectivity index (χ1v) is 10.1. The SMILES string of the molecule is COc1ccc(S(=O)(=O)N(C)C)cc1NC(=O)c1ccc2c(c1)OCCCO2. The average molecular weight is 406 g/mol. The Balaban J connectivity index is 1.90. The van der Waals surface area contributed by atoms with Crippen LogP contribution in [0, 0.1) is 0 Å². The second-order valence-corrected chi connectivity index (χ2v) is 8.47. The van der Waals surface area contributed by atoms with Crippen molar-refractivity contribution in [3.05, 3.63) is 42.0 Å². The summed E-state index contributed by atoms with van der Waals surface area (Å²) in [5, 5.41) is 2.71. The van der Waals surface area contributed by atoms with Gasteiger partial charge in [-0.1, -0.05) is 0 Å². The molecule has 0 unspecified atom stereocenters. The molecular formula is C19H22N2O6S. The number of hydrogen-bond donors (Lipinski definition) is 1. The van der Waals surface area contributed by atoms with E-state index in [0.29, 0.717) is 36.0 Å². The number of fused-ring (bicyclic) bond motifs is 1. The van der Waals surface area contributed by atoms with Crippen LogP contribution in [0.25, 0.3) is 0 Å². The number of carbonyl (C=O) groups is 1. The highest BCUT2D eigenvalue weighted by molar-refractivity contribution is 7.89. The Hall–Kier alpha value is -2.78. The second-order valence-electron chi connectivity index (χ2n) is 6.32. The number of ether oxygens (including phenoxy) is 3. The minimum absolute atomic E-state index is 0.0484. The van der Waals surface area contributed by atoms with Crippen LogP contribution in [0.5, 0.6) is 17.2 Å². The van der Waals surface area contributed by atoms with Gasteiger partial charge in [0.25, 0.3) is 5.91 Å². The summed E-state index contributed by atoms with van der Waals surface area (Å²) in [7, 11) is 0.672. The molecule has 0 radical (unpaired) electrons. The summed E-state index contributed by atoms with van der Waals surface area (Å²) < 4.78 is 42.3. The Morgan fingerprint density at radius 2 is 1.79 bits per heavy atom. The molecule has 28 heavy (non-hydrogen) atoms. The lowest BCUT2D eigenvalue weighted by atomic mass is 10.1. The maximum atomic E-state index is 12.7. The van der Waals surface area contributed by atoms with E-state index in [1.54, 1.807) is 18.2 Å². The fourth-order valence-electron chi connectivity index (χ4n) is 2.66. The molecule has 150 valence electrons. The van der Waals surface area contributed by atoms with E-state index in [0.717, 1.165) is 10.7 Å². The number of benzene rings is 2. The van der Waals surface area contributed by atoms with Crippen LogP contribution in [0.15, 0.2) is 41.3 Å². The molecule has 0 saturated carbocycles. The summed E-state index contributed by atoms with van der Waals surface area (Å²) in [6, 6.07) is 9.20. The highest BCUT2D eigenvalue weighted by Crippen LogP contribution is 2.32. The Bertz CT molecular complexity index is 988. The zero-order valence-corrected chi connectivity index (χ0v) is 16.7. The predicted molar refractivity (Wildman–Crippen MR) is 104 cm³/mol. The van der Waals surface area contributed by atoms with Gasteiger partial charge in [-0.3, -0.25) is 4.79 Å². The van der Waals surface area contributed by atoms with Crippen molar-refractivity contribution in [3.8, 4) is 17.2 Å². The third kappa shape index (κ3) is 4.05. The Kier molecular flexibility index (Phi) is 5.76. The van der Waals surface area contributed by atoms with Gasteiger partial charge < -0.3 is 19.5 Å². The van der Waals surface area contributed by atoms with Crippen LogP contribution in [-0.4, -0.2) is 53.0 Å². The molecule has 0 aliphatic carbocycles. The first kappa shape index (κ1) is 20.0. The van der Waals surface area contributed by atoms with E-state index in [9.17, 15) is 13.2 Å². The molecule has 1 heterocycles. The van der Waals surface area contributed by atoms with Crippen LogP contribution < -0.4 is 19.5 Å². The minimum atomic E-state index is -3.65. The molecule has 9 heteroatoms. The average Bonchev–Trinajstić information content (AvgIpc) is 2.92. The van der Waals surface area contributed by atoms with Gasteiger partial charge in [-0.2, -0.15) is 0 Å². The molecule has 2 aromatic rings. The Morgan fingerprint density at radius 3 is 2.46 bits per heavy atom. The van der Waals surface area contributed by atoms with Crippen molar-refractivity contribution in [3.63, 3.8) is 0 Å². The van der Waals surface area contributed by atoms with E-state index in [1.165, 1.54) is 39.4 Å². The van der Waals surface area contributed by atoms with Crippen molar-refractivity contribution in [2.45, 2.75) is 11.3 Å². The van der Waals surface area contributed by atoms with E-state index in [-0.39, 0.29) is 10.6 Å². The molecular weight excluding hydrogens is 384 g/mol. The topological polar surface area (TPSA) is 94.2 Å². The van der Waals surface area contributed by atoms with Crippen molar-refractivity contribution >= 4 is 21.6 Å². The van der Waals surface area contributed by atoms with E-state index >= 15 is 0 Å². The monoisotopic (exact) mass is 406 g/mol. The molecule has 1 aliphatic rings. The maximum absolute atomic E-state index is 12.7. The fourth-order valence-corrected chi connectivity index (χ4v) is 3.58. The summed E-state index contributed by atoms with van der Waals surface area (Å²) in [4.78, 5) is 12.8. The molecule has 8 nitrogen and oxygen atoms in total. The molecule has 0 aromatic heterocycles. The van der Waals surface area contributed by atoms with Gasteiger partial charge in [0, 0.05) is 26.1 Å². The molecule has 0 atom stereocenters. The van der Waals surface area contributed by atoms with Crippen LogP contribution in [0.3, 0.4) is 0 Å². The molecule has 2 aromatic carbocycles. The number of rotatable bonds is 5. The van der Waals surface area contributed by atoms with Crippen molar-refractivity contribution in [2.75, 3.05) is 39.7 Å². The van der Waals surface area contributed by atoms with E-state index < -0.39 is 15.9 Å². The third-order valence-corrected chi connectivity index (χ3v) is 6.02. The smallest absolute Gasteiger partial charge is 0.255 e. The number of methoxy groups -OCH3 is 1. The van der Waals surface area contributed by atoms with Gasteiger partial charge in [0.15, 0.2) is 11.5 Å². The molecule has 1 N–H and O–H groups in total. The summed E-state index contributed by atoms with van der Waals surface area (Å²) in [5.41, 5.74) is 0.606. The van der Waals surface area contributed by atoms with Gasteiger partial charge in [0.1, 0.15) is 5.75 Å². The highest BCUT2D eigenvalue weighted by atomic mass is 32.2. The maximum Gasteiger partial charge on any atom is 0.255 e. The van der Waals surface area contributed by atoms with Crippen molar-refractivity contribution in [2.24, 2.45) is 0 Å². The second kappa shape index (κ2) is 8.07. The molecule has 0 fully saturated rings. The summed E-state index contributed by atoms with van der Waals surface area (Å²) in [6.07, 6.45) is 0.764. The van der Waals surface area contributed by atoms with Crippen LogP contribution in [0.2, 0.25) is 0 Å². The zero-order chi connectivity index (χ0) is 20.3. The number of sulfonamides is 1. The molecule has 0 bridgehead atoms. The minimum Gasteiger partial charge on any atom is -0.495 e. The zero-order valence-electron chi connectivity index (χ0n) is 15.9. The number of nitrogens with zero attached hydrogens (tertiary/aromatic N) is 1. The number of hydrogen-bond acceptors (Lipinski definition) is 6. The van der Waals surface area contributed by atoms with Gasteiger partial charge >= 0.3 is 0 Å². The Labute approximate surface area is 164 Å². The molecule has 0 saturated heterocycles. The van der Waals surface area contributed by atoms with Crippen LogP contribution >= 0.6 is 0 Å². The predicted octanol–water partition coefficient (Wildman–Crippen LogP) is 2.36. The molecule has 1 aliphatic heterocycles. The number of nitrogens with one attached hydrogen (secondary N) is 1. The van der Waals surface area contributed by atoms with Crippen LogP contribution in [-0.2, 0) is 10.0 Å². The molecule has 0 spiro atoms. The lowest BCUT2D eigenvalue weighted by Gasteiger charge is -2.15. The standard InChI is InChI=1S/C19H22N2O6S/c1-21(2)28(23,24)14-6-8-16(25-3)15(12-14)20-19(22)13-5-7-17-18(11-13)27-10-4-9-26-17/h5-8,11-12H,4,9-10H2,1-3H3,(H,20,22). The van der Waals surface area contributed by atoms with Crippen LogP contribution in [0.4, 0.5) is 5.69 Å². The third-order valence-electron chi connectivity index (χ3n) is 4.21. The van der Waals surface area contributed by atoms with Crippen molar-refractivity contribution in [1.82, 2.24) is 4.31 Å². The summed E-state index contributed by atoms with van der Waals surface area (Å²) >= 11 is 0. The van der Waals surface area contributed by atoms with Crippen molar-refractivity contribution in [1.29, 1.82) is 0 Å². The van der Waals surface area contributed by atoms with E-state index in [4.69, 9.17) is 14.2 Å². The number of amides is 1. The fraction of sp³-hybridized carbons (Fsp3) is 0.316.